The summed E-state index contributed by atoms with van der Waals surface area (Å²) in [5.41, 5.74) is 9.92. The highest BCUT2D eigenvalue weighted by atomic mass is 16.6. The van der Waals surface area contributed by atoms with Crippen LogP contribution >= 0.6 is 0 Å². The van der Waals surface area contributed by atoms with E-state index in [9.17, 15) is 24.3 Å². The Bertz CT molecular complexity index is 1550. The lowest BCUT2D eigenvalue weighted by atomic mass is 9.89. The van der Waals surface area contributed by atoms with Crippen molar-refractivity contribution in [2.45, 2.75) is 64.4 Å². The van der Waals surface area contributed by atoms with Gasteiger partial charge in [0.25, 0.3) is 5.91 Å². The number of amides is 3. The molecule has 2 aliphatic rings. The van der Waals surface area contributed by atoms with Gasteiger partial charge in [-0.25, -0.2) is 9.59 Å². The van der Waals surface area contributed by atoms with E-state index in [1.807, 2.05) is 12.1 Å². The number of rotatable bonds is 4. The van der Waals surface area contributed by atoms with Crippen molar-refractivity contribution in [2.75, 3.05) is 11.1 Å². The molecule has 2 aliphatic heterocycles. The van der Waals surface area contributed by atoms with Crippen LogP contribution in [0, 0.1) is 0 Å². The van der Waals surface area contributed by atoms with E-state index < -0.39 is 35.7 Å². The molecule has 5 rings (SSSR count). The summed E-state index contributed by atoms with van der Waals surface area (Å²) in [6.45, 7) is 5.34. The Hall–Kier alpha value is -4.86. The average Bonchev–Trinajstić information content (AvgIpc) is 2.94. The van der Waals surface area contributed by atoms with Gasteiger partial charge in [-0.15, -0.1) is 0 Å². The predicted octanol–water partition coefficient (Wildman–Crippen LogP) is 4.22. The van der Waals surface area contributed by atoms with Gasteiger partial charge in [-0.1, -0.05) is 30.3 Å². The lowest BCUT2D eigenvalue weighted by molar-refractivity contribution is -0.154. The summed E-state index contributed by atoms with van der Waals surface area (Å²) < 4.78 is 5.64. The van der Waals surface area contributed by atoms with Gasteiger partial charge in [0.1, 0.15) is 17.7 Å². The molecule has 0 saturated carbocycles. The van der Waals surface area contributed by atoms with Gasteiger partial charge >= 0.3 is 12.1 Å². The second kappa shape index (κ2) is 11.2. The Balaban J connectivity index is 1.45. The molecule has 42 heavy (non-hydrogen) atoms. The second-order valence-corrected chi connectivity index (χ2v) is 11.7. The molecule has 10 heteroatoms. The van der Waals surface area contributed by atoms with E-state index >= 15 is 0 Å². The molecule has 0 aromatic heterocycles. The van der Waals surface area contributed by atoms with Gasteiger partial charge in [0.15, 0.2) is 0 Å². The molecule has 0 spiro atoms. The molecule has 4 N–H and O–H groups in total. The van der Waals surface area contributed by atoms with Crippen LogP contribution < -0.4 is 11.1 Å². The van der Waals surface area contributed by atoms with Gasteiger partial charge in [-0.2, -0.15) is 0 Å². The number of hydrogen-bond donors (Lipinski definition) is 3. The predicted molar refractivity (Wildman–Crippen MR) is 157 cm³/mol. The fourth-order valence-electron chi connectivity index (χ4n) is 5.44. The zero-order chi connectivity index (χ0) is 30.2. The van der Waals surface area contributed by atoms with E-state index in [1.54, 1.807) is 75.4 Å². The summed E-state index contributed by atoms with van der Waals surface area (Å²) in [6.07, 6.45) is -0.379. The number of carbonyl (C=O) groups excluding carboxylic acids is 3. The number of fused-ring (bicyclic) bond motifs is 2. The Kier molecular flexibility index (Phi) is 7.64. The summed E-state index contributed by atoms with van der Waals surface area (Å²) in [5.74, 6) is -1.90. The van der Waals surface area contributed by atoms with E-state index in [1.165, 1.54) is 9.80 Å². The highest BCUT2D eigenvalue weighted by Crippen LogP contribution is 2.32. The fraction of sp³-hybridized carbons (Fsp3) is 0.312. The summed E-state index contributed by atoms with van der Waals surface area (Å²) in [7, 11) is 0. The van der Waals surface area contributed by atoms with E-state index in [4.69, 9.17) is 10.5 Å². The van der Waals surface area contributed by atoms with E-state index in [0.29, 0.717) is 16.9 Å². The molecule has 0 radical (unpaired) electrons. The van der Waals surface area contributed by atoms with Crippen LogP contribution in [0.5, 0.6) is 0 Å². The van der Waals surface area contributed by atoms with Crippen LogP contribution in [0.15, 0.2) is 66.7 Å². The zero-order valence-electron chi connectivity index (χ0n) is 23.8. The third-order valence-electron chi connectivity index (χ3n) is 7.47. The number of nitrogen functional groups attached to an aromatic ring is 1. The number of hydrogen-bond acceptors (Lipinski definition) is 6. The average molecular weight is 571 g/mol. The number of carbonyl (C=O) groups is 4. The van der Waals surface area contributed by atoms with Crippen LogP contribution in [0.1, 0.15) is 53.4 Å². The van der Waals surface area contributed by atoms with Gasteiger partial charge in [-0.3, -0.25) is 14.5 Å². The summed E-state index contributed by atoms with van der Waals surface area (Å²) in [4.78, 5) is 55.3. The maximum Gasteiger partial charge on any atom is 0.411 e. The minimum absolute atomic E-state index is 0.00738. The highest BCUT2D eigenvalue weighted by molar-refractivity contribution is 6.04. The highest BCUT2D eigenvalue weighted by Gasteiger charge is 2.43. The molecular formula is C32H34N4O6. The lowest BCUT2D eigenvalue weighted by Crippen LogP contribution is -2.58. The molecule has 218 valence electrons. The quantitative estimate of drug-likeness (QED) is 0.399. The molecule has 2 unspecified atom stereocenters. The van der Waals surface area contributed by atoms with Crippen molar-refractivity contribution in [3.05, 3.63) is 94.5 Å². The third kappa shape index (κ3) is 6.07. The van der Waals surface area contributed by atoms with Crippen molar-refractivity contribution in [3.8, 4) is 0 Å². The normalized spacial score (nSPS) is 18.0. The first-order valence-corrected chi connectivity index (χ1v) is 13.8. The Morgan fingerprint density at radius 1 is 0.833 bits per heavy atom. The van der Waals surface area contributed by atoms with Crippen LogP contribution in [0.25, 0.3) is 0 Å². The van der Waals surface area contributed by atoms with Gasteiger partial charge in [0, 0.05) is 36.3 Å². The van der Waals surface area contributed by atoms with Crippen molar-refractivity contribution in [3.63, 3.8) is 0 Å². The number of nitrogens with zero attached hydrogens (tertiary/aromatic N) is 2. The summed E-state index contributed by atoms with van der Waals surface area (Å²) in [5, 5.41) is 13.0. The Morgan fingerprint density at radius 2 is 1.45 bits per heavy atom. The zero-order valence-corrected chi connectivity index (χ0v) is 23.8. The standard InChI is InChI=1S/C32H34N4O6/c1-32(2,3)42-31(41)36-18-22-13-24(33)11-9-20(22)15-26(36)29(38)35-17-23-14-25(12-10-21(23)16-27(35)30(39)40)34-28(37)19-7-5-4-6-8-19/h4-14,26-27H,15-18,33H2,1-3H3,(H,34,37)(H,39,40). The number of carboxylic acid groups (broad SMARTS) is 1. The molecule has 0 bridgehead atoms. The summed E-state index contributed by atoms with van der Waals surface area (Å²) in [6, 6.07) is 17.3. The number of anilines is 2. The SMILES string of the molecule is CC(C)(C)OC(=O)N1Cc2cc(N)ccc2CC1C(=O)N1Cc2cc(NC(=O)c3ccccc3)ccc2CC1C(=O)O. The molecule has 0 fully saturated rings. The van der Waals surface area contributed by atoms with Crippen molar-refractivity contribution >= 4 is 35.3 Å². The van der Waals surface area contributed by atoms with Crippen molar-refractivity contribution < 1.29 is 29.0 Å². The second-order valence-electron chi connectivity index (χ2n) is 11.7. The lowest BCUT2D eigenvalue weighted by Gasteiger charge is -2.42. The number of aliphatic carboxylic acids is 1. The summed E-state index contributed by atoms with van der Waals surface area (Å²) >= 11 is 0. The fourth-order valence-corrected chi connectivity index (χ4v) is 5.44. The number of carboxylic acids is 1. The minimum Gasteiger partial charge on any atom is -0.480 e. The first kappa shape index (κ1) is 28.7. The van der Waals surface area contributed by atoms with Crippen molar-refractivity contribution in [1.29, 1.82) is 0 Å². The molecule has 0 saturated heterocycles. The number of benzene rings is 3. The topological polar surface area (TPSA) is 142 Å². The number of nitrogens with one attached hydrogen (secondary N) is 1. The van der Waals surface area contributed by atoms with E-state index in [0.717, 1.165) is 22.3 Å². The number of nitrogens with two attached hydrogens (primary N) is 1. The molecule has 3 aromatic carbocycles. The first-order valence-electron chi connectivity index (χ1n) is 13.8. The minimum atomic E-state index is -1.14. The van der Waals surface area contributed by atoms with Crippen LogP contribution in [0.3, 0.4) is 0 Å². The first-order chi connectivity index (χ1) is 19.9. The van der Waals surface area contributed by atoms with Crippen LogP contribution in [0.2, 0.25) is 0 Å². The maximum atomic E-state index is 14.2. The van der Waals surface area contributed by atoms with Gasteiger partial charge in [-0.05, 0) is 79.4 Å². The smallest absolute Gasteiger partial charge is 0.411 e. The monoisotopic (exact) mass is 570 g/mol. The molecule has 2 atom stereocenters. The molecule has 3 aromatic rings. The molecular weight excluding hydrogens is 536 g/mol. The number of ether oxygens (including phenoxy) is 1. The molecule has 0 aliphatic carbocycles. The largest absolute Gasteiger partial charge is 0.480 e. The van der Waals surface area contributed by atoms with Crippen LogP contribution in [-0.2, 0) is 40.3 Å². The van der Waals surface area contributed by atoms with Gasteiger partial charge < -0.3 is 25.8 Å². The van der Waals surface area contributed by atoms with Crippen molar-refractivity contribution in [1.82, 2.24) is 9.80 Å². The maximum absolute atomic E-state index is 14.2. The Morgan fingerprint density at radius 3 is 2.12 bits per heavy atom. The van der Waals surface area contributed by atoms with Gasteiger partial charge in [0.2, 0.25) is 5.91 Å². The molecule has 10 nitrogen and oxygen atoms in total. The van der Waals surface area contributed by atoms with E-state index in [-0.39, 0.29) is 31.8 Å². The Labute approximate surface area is 244 Å². The van der Waals surface area contributed by atoms with E-state index in [2.05, 4.69) is 5.32 Å². The molecule has 3 amide bonds. The molecule has 2 heterocycles. The van der Waals surface area contributed by atoms with Crippen molar-refractivity contribution in [2.24, 2.45) is 0 Å². The van der Waals surface area contributed by atoms with Crippen LogP contribution in [0.4, 0.5) is 16.2 Å². The van der Waals surface area contributed by atoms with Crippen LogP contribution in [-0.4, -0.2) is 56.5 Å². The third-order valence-corrected chi connectivity index (χ3v) is 7.47. The van der Waals surface area contributed by atoms with Gasteiger partial charge in [0.05, 0.1) is 6.54 Å².